The van der Waals surface area contributed by atoms with E-state index < -0.39 is 0 Å². The van der Waals surface area contributed by atoms with Crippen molar-refractivity contribution in [3.63, 3.8) is 0 Å². The second kappa shape index (κ2) is 49.5. The molecule has 4 fully saturated rings. The molecule has 134 heavy (non-hydrogen) atoms. The van der Waals surface area contributed by atoms with Crippen LogP contribution in [0.3, 0.4) is 0 Å². The highest BCUT2D eigenvalue weighted by atomic mass is 32.2. The van der Waals surface area contributed by atoms with E-state index in [1.54, 1.807) is 145 Å². The number of thioether (sulfide) groups is 4. The summed E-state index contributed by atoms with van der Waals surface area (Å²) < 4.78 is 46.6. The fourth-order valence-corrected chi connectivity index (χ4v) is 23.8. The number of anilines is 4. The fourth-order valence-electron chi connectivity index (χ4n) is 15.4. The van der Waals surface area contributed by atoms with E-state index in [2.05, 4.69) is 132 Å². The molecule has 4 atom stereocenters. The van der Waals surface area contributed by atoms with Crippen molar-refractivity contribution in [1.29, 1.82) is 0 Å². The van der Waals surface area contributed by atoms with Gasteiger partial charge in [-0.05, 0) is 208 Å². The minimum atomic E-state index is 0.0961. The first kappa shape index (κ1) is 102. The Balaban J connectivity index is 0.000000152. The number of piperazine rings is 2. The maximum atomic E-state index is 6.17. The van der Waals surface area contributed by atoms with Crippen molar-refractivity contribution in [1.82, 2.24) is 89.6 Å². The summed E-state index contributed by atoms with van der Waals surface area (Å²) in [5, 5.41) is 10.3. The zero-order chi connectivity index (χ0) is 95.1. The molecule has 0 spiro atoms. The maximum absolute atomic E-state index is 6.17. The van der Waals surface area contributed by atoms with Crippen LogP contribution in [0.1, 0.15) is 133 Å². The molecule has 30 nitrogen and oxygen atoms in total. The van der Waals surface area contributed by atoms with Gasteiger partial charge in [-0.15, -0.1) is 45.3 Å². The van der Waals surface area contributed by atoms with Crippen LogP contribution in [-0.2, 0) is 0 Å². The summed E-state index contributed by atoms with van der Waals surface area (Å²) in [5.74, 6) is 7.91. The topological polar surface area (TPSA) is 361 Å². The van der Waals surface area contributed by atoms with Crippen LogP contribution in [0.2, 0.25) is 0 Å². The van der Waals surface area contributed by atoms with Gasteiger partial charge >= 0.3 is 0 Å². The van der Waals surface area contributed by atoms with E-state index in [1.807, 2.05) is 100 Å². The SMILES string of the molecule is COc1ccc(-c2nc(C(C)Sc3nc(C)cc(N)n3)c(C)s2)cc1OCCN1CCC1.COc1ccc(-c2nc(C(C)Sc3nc(C)cc(N)n3)c(C)s2)cc1OCCN1CCCC1.COc1ccc(-c2nc(C(C)Sc3nc(C)cc(N)n3)c(C)s2)cc1OCCN1CCN(C)CC1.COc1ccc(-c2nc(C(C)Sc3nc(C)cc(N)n3)c(C)s2)cc1OCCN1CCNCC1. The quantitative estimate of drug-likeness (QED) is 0.0180. The van der Waals surface area contributed by atoms with Crippen molar-refractivity contribution in [3.8, 4) is 88.3 Å². The molecule has 0 saturated carbocycles. The fraction of sp³-hybridized carbons (Fsp3) is 0.458. The molecule has 12 heterocycles. The van der Waals surface area contributed by atoms with Crippen molar-refractivity contribution >= 4 is 116 Å². The smallest absolute Gasteiger partial charge is 0.190 e. The second-order valence-corrected chi connectivity index (χ2v) is 43.1. The predicted molar refractivity (Wildman–Crippen MR) is 549 cm³/mol. The predicted octanol–water partition coefficient (Wildman–Crippen LogP) is 18.1. The lowest BCUT2D eigenvalue weighted by Gasteiger charge is -2.32. The number of thiazole rings is 4. The van der Waals surface area contributed by atoms with E-state index in [-0.39, 0.29) is 21.0 Å². The zero-order valence-electron chi connectivity index (χ0n) is 79.8. The summed E-state index contributed by atoms with van der Waals surface area (Å²) in [6.45, 7) is 44.0. The lowest BCUT2D eigenvalue weighted by molar-refractivity contribution is 0.133. The Morgan fingerprint density at radius 1 is 0.313 bits per heavy atom. The largest absolute Gasteiger partial charge is 0.493 e. The number of benzene rings is 4. The van der Waals surface area contributed by atoms with Gasteiger partial charge in [0, 0.05) is 167 Å². The Bertz CT molecular complexity index is 5760. The van der Waals surface area contributed by atoms with Gasteiger partial charge in [-0.25, -0.2) is 59.8 Å². The van der Waals surface area contributed by atoms with Crippen molar-refractivity contribution < 1.29 is 37.9 Å². The number of nitrogens with zero attached hydrogens (tertiary/aromatic N) is 17. The lowest BCUT2D eigenvalue weighted by Crippen LogP contribution is -2.45. The number of likely N-dealkylation sites (N-methyl/N-ethyl adjacent to an activating group) is 1. The van der Waals surface area contributed by atoms with Crippen LogP contribution in [0.15, 0.2) is 118 Å². The van der Waals surface area contributed by atoms with Crippen LogP contribution in [0.25, 0.3) is 42.3 Å². The minimum absolute atomic E-state index is 0.0961. The summed E-state index contributed by atoms with van der Waals surface area (Å²) in [7, 11) is 8.85. The number of rotatable bonds is 36. The first-order valence-electron chi connectivity index (χ1n) is 45.1. The van der Waals surface area contributed by atoms with Gasteiger partial charge in [0.25, 0.3) is 0 Å². The Morgan fingerprint density at radius 2 is 0.560 bits per heavy atom. The number of hydrogen-bond donors (Lipinski definition) is 5. The van der Waals surface area contributed by atoms with Crippen molar-refractivity contribution in [2.45, 2.75) is 144 Å². The molecule has 0 bridgehead atoms. The van der Waals surface area contributed by atoms with E-state index in [1.165, 1.54) is 38.8 Å². The molecule has 12 aromatic rings. The molecule has 4 unspecified atom stereocenters. The molecule has 716 valence electrons. The van der Waals surface area contributed by atoms with E-state index in [9.17, 15) is 0 Å². The number of nitrogens with two attached hydrogens (primary N) is 4. The third-order valence-corrected chi connectivity index (χ3v) is 30.7. The van der Waals surface area contributed by atoms with Gasteiger partial charge in [0.1, 0.15) is 69.7 Å². The first-order chi connectivity index (χ1) is 64.6. The summed E-state index contributed by atoms with van der Waals surface area (Å²) >= 11 is 13.0. The molecule has 0 radical (unpaired) electrons. The Labute approximate surface area is 820 Å². The van der Waals surface area contributed by atoms with Crippen molar-refractivity contribution in [2.24, 2.45) is 0 Å². The molecule has 4 aliphatic heterocycles. The van der Waals surface area contributed by atoms with Gasteiger partial charge in [0.2, 0.25) is 0 Å². The average Bonchev–Trinajstić information content (AvgIpc) is 1.66. The molecule has 9 N–H and O–H groups in total. The molecule has 4 aromatic carbocycles. The number of nitrogens with one attached hydrogen (secondary N) is 1. The van der Waals surface area contributed by atoms with Gasteiger partial charge in [-0.3, -0.25) is 19.6 Å². The van der Waals surface area contributed by atoms with Gasteiger partial charge < -0.3 is 71.0 Å². The highest BCUT2D eigenvalue weighted by Crippen LogP contribution is 2.47. The Kier molecular flexibility index (Phi) is 37.6. The zero-order valence-corrected chi connectivity index (χ0v) is 86.3. The highest BCUT2D eigenvalue weighted by Gasteiger charge is 2.27. The molecule has 0 amide bonds. The summed E-state index contributed by atoms with van der Waals surface area (Å²) in [4.78, 5) is 72.0. The number of ether oxygens (including phenoxy) is 8. The molecular weight excluding hydrogens is 1850 g/mol. The third kappa shape index (κ3) is 29.0. The van der Waals surface area contributed by atoms with E-state index in [0.29, 0.717) is 70.3 Å². The minimum Gasteiger partial charge on any atom is -0.493 e. The van der Waals surface area contributed by atoms with Crippen LogP contribution in [0.5, 0.6) is 46.0 Å². The molecule has 16 rings (SSSR count). The van der Waals surface area contributed by atoms with Gasteiger partial charge in [-0.1, -0.05) is 47.0 Å². The normalized spacial score (nSPS) is 15.2. The van der Waals surface area contributed by atoms with Crippen LogP contribution in [0.4, 0.5) is 23.3 Å². The number of aryl methyl sites for hydroxylation is 8. The summed E-state index contributed by atoms with van der Waals surface area (Å²) in [6, 6.07) is 31.2. The van der Waals surface area contributed by atoms with Gasteiger partial charge in [0.05, 0.1) is 72.2 Å². The molecule has 38 heteroatoms. The number of hydrogen-bond acceptors (Lipinski definition) is 38. The monoisotopic (exact) mass is 1970 g/mol. The summed E-state index contributed by atoms with van der Waals surface area (Å²) in [5.41, 5.74) is 35.2. The maximum Gasteiger partial charge on any atom is 0.190 e. The van der Waals surface area contributed by atoms with Crippen LogP contribution < -0.4 is 66.1 Å². The highest BCUT2D eigenvalue weighted by molar-refractivity contribution is 8.00. The Hall–Kier alpha value is -9.52. The number of aromatic nitrogens is 12. The average molecular weight is 1970 g/mol. The van der Waals surface area contributed by atoms with Crippen LogP contribution >= 0.6 is 92.4 Å². The number of methoxy groups -OCH3 is 4. The van der Waals surface area contributed by atoms with Crippen LogP contribution in [0, 0.1) is 55.4 Å². The van der Waals surface area contributed by atoms with Crippen molar-refractivity contribution in [3.05, 3.63) is 162 Å². The van der Waals surface area contributed by atoms with E-state index in [4.69, 9.17) is 80.8 Å². The molecule has 0 aliphatic carbocycles. The van der Waals surface area contributed by atoms with Crippen molar-refractivity contribution in [2.75, 3.05) is 190 Å². The van der Waals surface area contributed by atoms with Gasteiger partial charge in [-0.2, -0.15) is 0 Å². The van der Waals surface area contributed by atoms with Crippen LogP contribution in [-0.4, -0.2) is 251 Å². The Morgan fingerprint density at radius 3 is 0.799 bits per heavy atom. The third-order valence-electron chi connectivity index (χ3n) is 22.7. The lowest BCUT2D eigenvalue weighted by atomic mass is 10.2. The standard InChI is InChI=1S/C25H34N6O2S2.C24H32N6O2S2.C24H31N5O2S2.C23H29N5O2S2/c1-16-14-22(26)28-25(27-16)35-18(3)23-17(2)34-24(29-23)19-6-7-20(32-5)21(15-19)33-13-12-31-10-8-30(4)9-11-31;1-15-13-21(25)28-24(27-15)34-17(3)22-16(2)33-23(29-22)18-5-6-19(31-4)20(14-18)32-12-11-30-9-7-26-8-10-30;1-15-13-21(25)27-24(26-15)33-17(3)22-16(2)32-23(28-22)18-7-8-19(30-4)20(14-18)31-12-11-29-9-5-6-10-29;1-14-12-20(24)26-23(25-14)32-16(3)21-15(2)31-22(27-21)17-6-7-18(29-4)19(13-17)30-11-10-28-8-5-9-28/h6-7,14-15,18H,8-13H2,1-5H3,(H2,26,27,28);5-6,13-14,17,26H,7-12H2,1-4H3,(H2,25,27,28);7-8,13-14,17H,5-6,9-12H2,1-4H3,(H2,25,26,27);6-7,12-13,16H,5,8-11H2,1-4H3,(H2,24,25,26). The number of nitrogen functional groups attached to an aromatic ring is 4. The van der Waals surface area contributed by atoms with E-state index >= 15 is 0 Å². The number of likely N-dealkylation sites (tertiary alicyclic amines) is 2. The molecular formula is C96H126N22O8S8. The molecule has 4 saturated heterocycles. The second-order valence-electron chi connectivity index (χ2n) is 33.1. The molecule has 8 aromatic heterocycles. The van der Waals surface area contributed by atoms with E-state index in [0.717, 1.165) is 239 Å². The van der Waals surface area contributed by atoms with Gasteiger partial charge in [0.15, 0.2) is 66.6 Å². The first-order valence-corrected chi connectivity index (χ1v) is 51.9. The molecule has 4 aliphatic rings. The summed E-state index contributed by atoms with van der Waals surface area (Å²) in [6.07, 6.45) is 3.85.